The predicted molar refractivity (Wildman–Crippen MR) is 63.4 cm³/mol. The molecule has 2 fully saturated rings. The molecule has 15 heavy (non-hydrogen) atoms. The Kier molecular flexibility index (Phi) is 1.47. The molecule has 0 radical (unpaired) electrons. The molecule has 76 valence electrons. The van der Waals surface area contributed by atoms with Crippen LogP contribution in [0.1, 0.15) is 6.42 Å². The number of benzene rings is 1. The fraction of sp³-hybridized carbons (Fsp3) is 0.417. The van der Waals surface area contributed by atoms with E-state index < -0.39 is 0 Å². The summed E-state index contributed by atoms with van der Waals surface area (Å²) < 4.78 is 1.31. The number of aromatic nitrogens is 1. The molecule has 2 aliphatic rings. The number of thiazole rings is 1. The Morgan fingerprint density at radius 2 is 2.13 bits per heavy atom. The van der Waals surface area contributed by atoms with Crippen LogP contribution in [0.4, 0.5) is 5.69 Å². The zero-order valence-corrected chi connectivity index (χ0v) is 9.20. The maximum Gasteiger partial charge on any atom is 0.0813 e. The molecule has 0 spiro atoms. The van der Waals surface area contributed by atoms with Crippen molar-refractivity contribution in [3.8, 4) is 0 Å². The van der Waals surface area contributed by atoms with Gasteiger partial charge in [0, 0.05) is 18.8 Å². The van der Waals surface area contributed by atoms with Crippen LogP contribution in [0, 0.1) is 11.8 Å². The largest absolute Gasteiger partial charge is 0.371 e. The minimum absolute atomic E-state index is 1.00. The summed E-state index contributed by atoms with van der Waals surface area (Å²) in [7, 11) is 0. The van der Waals surface area contributed by atoms with Crippen LogP contribution in [0.3, 0.4) is 0 Å². The van der Waals surface area contributed by atoms with E-state index in [0.717, 1.165) is 17.4 Å². The van der Waals surface area contributed by atoms with E-state index in [1.54, 1.807) is 11.3 Å². The minimum atomic E-state index is 1.00. The average molecular weight is 216 g/mol. The molecule has 4 rings (SSSR count). The van der Waals surface area contributed by atoms with E-state index in [0.29, 0.717) is 0 Å². The first-order valence-electron chi connectivity index (χ1n) is 5.48. The van der Waals surface area contributed by atoms with Crippen molar-refractivity contribution in [1.29, 1.82) is 0 Å². The second kappa shape index (κ2) is 2.73. The van der Waals surface area contributed by atoms with Crippen LogP contribution in [0.2, 0.25) is 0 Å². The SMILES string of the molecule is c1nc2ccc(N3C[C@H]4C[C@H]4C3)cc2s1. The second-order valence-corrected chi connectivity index (χ2v) is 5.55. The molecule has 1 aromatic carbocycles. The van der Waals surface area contributed by atoms with E-state index in [2.05, 4.69) is 28.1 Å². The van der Waals surface area contributed by atoms with E-state index in [1.165, 1.54) is 29.9 Å². The van der Waals surface area contributed by atoms with Crippen LogP contribution in [0.25, 0.3) is 10.2 Å². The fourth-order valence-corrected chi connectivity index (χ4v) is 3.36. The van der Waals surface area contributed by atoms with Gasteiger partial charge in [0.25, 0.3) is 0 Å². The summed E-state index contributed by atoms with van der Waals surface area (Å²) in [5.74, 6) is 2.00. The molecule has 1 saturated heterocycles. The lowest BCUT2D eigenvalue weighted by Gasteiger charge is -2.19. The monoisotopic (exact) mass is 216 g/mol. The van der Waals surface area contributed by atoms with Gasteiger partial charge in [0.05, 0.1) is 15.7 Å². The first-order chi connectivity index (χ1) is 7.40. The van der Waals surface area contributed by atoms with Crippen molar-refractivity contribution >= 4 is 27.2 Å². The van der Waals surface area contributed by atoms with Crippen molar-refractivity contribution in [3.05, 3.63) is 23.7 Å². The third-order valence-corrected chi connectivity index (χ3v) is 4.45. The van der Waals surface area contributed by atoms with Crippen LogP contribution in [0.5, 0.6) is 0 Å². The Labute approximate surface area is 92.5 Å². The molecule has 0 N–H and O–H groups in total. The summed E-state index contributed by atoms with van der Waals surface area (Å²) in [5.41, 5.74) is 4.45. The molecule has 0 unspecified atom stereocenters. The van der Waals surface area contributed by atoms with Crippen LogP contribution in [-0.2, 0) is 0 Å². The van der Waals surface area contributed by atoms with Gasteiger partial charge in [-0.2, -0.15) is 0 Å². The molecule has 0 amide bonds. The summed E-state index contributed by atoms with van der Waals surface area (Å²) in [6.45, 7) is 2.55. The molecular formula is C12H12N2S. The van der Waals surface area contributed by atoms with E-state index >= 15 is 0 Å². The van der Waals surface area contributed by atoms with Crippen molar-refractivity contribution in [2.24, 2.45) is 11.8 Å². The third-order valence-electron chi connectivity index (χ3n) is 3.66. The fourth-order valence-electron chi connectivity index (χ4n) is 2.65. The van der Waals surface area contributed by atoms with Gasteiger partial charge >= 0.3 is 0 Å². The molecule has 0 bridgehead atoms. The molecule has 1 aromatic heterocycles. The maximum atomic E-state index is 4.31. The summed E-state index contributed by atoms with van der Waals surface area (Å²) in [4.78, 5) is 6.84. The highest BCUT2D eigenvalue weighted by molar-refractivity contribution is 7.16. The smallest absolute Gasteiger partial charge is 0.0813 e. The van der Waals surface area contributed by atoms with Crippen molar-refractivity contribution in [2.75, 3.05) is 18.0 Å². The Bertz CT molecular complexity index is 509. The van der Waals surface area contributed by atoms with Gasteiger partial charge in [-0.3, -0.25) is 0 Å². The van der Waals surface area contributed by atoms with E-state index in [1.807, 2.05) is 5.51 Å². The van der Waals surface area contributed by atoms with Gasteiger partial charge in [-0.05, 0) is 36.5 Å². The zero-order valence-electron chi connectivity index (χ0n) is 8.39. The van der Waals surface area contributed by atoms with Gasteiger partial charge in [0.15, 0.2) is 0 Å². The summed E-state index contributed by atoms with van der Waals surface area (Å²) in [5, 5.41) is 0. The predicted octanol–water partition coefficient (Wildman–Crippen LogP) is 2.75. The minimum Gasteiger partial charge on any atom is -0.371 e. The maximum absolute atomic E-state index is 4.31. The zero-order chi connectivity index (χ0) is 9.83. The lowest BCUT2D eigenvalue weighted by Crippen LogP contribution is -2.21. The molecule has 3 heteroatoms. The molecule has 1 saturated carbocycles. The lowest BCUT2D eigenvalue weighted by atomic mass is 10.2. The van der Waals surface area contributed by atoms with Crippen molar-refractivity contribution < 1.29 is 0 Å². The highest BCUT2D eigenvalue weighted by atomic mass is 32.1. The molecule has 1 aliphatic carbocycles. The van der Waals surface area contributed by atoms with Crippen LogP contribution in [-0.4, -0.2) is 18.1 Å². The highest BCUT2D eigenvalue weighted by Gasteiger charge is 2.45. The number of fused-ring (bicyclic) bond motifs is 2. The van der Waals surface area contributed by atoms with Gasteiger partial charge in [0.1, 0.15) is 0 Å². The van der Waals surface area contributed by atoms with Gasteiger partial charge in [-0.15, -0.1) is 11.3 Å². The molecule has 2 heterocycles. The third kappa shape index (κ3) is 1.19. The van der Waals surface area contributed by atoms with E-state index in [-0.39, 0.29) is 0 Å². The Hall–Kier alpha value is -1.09. The van der Waals surface area contributed by atoms with Crippen molar-refractivity contribution in [2.45, 2.75) is 6.42 Å². The summed E-state index contributed by atoms with van der Waals surface area (Å²) in [6, 6.07) is 6.65. The number of rotatable bonds is 1. The molecule has 2 atom stereocenters. The number of anilines is 1. The van der Waals surface area contributed by atoms with Crippen LogP contribution >= 0.6 is 11.3 Å². The number of nitrogens with zero attached hydrogens (tertiary/aromatic N) is 2. The van der Waals surface area contributed by atoms with Gasteiger partial charge in [-0.25, -0.2) is 4.98 Å². The first kappa shape index (κ1) is 8.11. The Morgan fingerprint density at radius 1 is 1.27 bits per heavy atom. The van der Waals surface area contributed by atoms with Gasteiger partial charge in [0.2, 0.25) is 0 Å². The lowest BCUT2D eigenvalue weighted by molar-refractivity contribution is 0.820. The Balaban J connectivity index is 1.74. The number of hydrogen-bond acceptors (Lipinski definition) is 3. The quantitative estimate of drug-likeness (QED) is 0.728. The molecular weight excluding hydrogens is 204 g/mol. The first-order valence-corrected chi connectivity index (χ1v) is 6.36. The van der Waals surface area contributed by atoms with Crippen LogP contribution in [0.15, 0.2) is 23.7 Å². The van der Waals surface area contributed by atoms with Gasteiger partial charge in [-0.1, -0.05) is 0 Å². The normalized spacial score (nSPS) is 28.4. The van der Waals surface area contributed by atoms with Crippen LogP contribution < -0.4 is 4.90 Å². The number of piperidine rings is 1. The molecule has 2 aromatic rings. The van der Waals surface area contributed by atoms with Gasteiger partial charge < -0.3 is 4.90 Å². The summed E-state index contributed by atoms with van der Waals surface area (Å²) >= 11 is 1.73. The van der Waals surface area contributed by atoms with E-state index in [4.69, 9.17) is 0 Å². The molecule has 1 aliphatic heterocycles. The van der Waals surface area contributed by atoms with Crippen molar-refractivity contribution in [1.82, 2.24) is 4.98 Å². The highest BCUT2D eigenvalue weighted by Crippen LogP contribution is 2.46. The number of hydrogen-bond donors (Lipinski definition) is 0. The Morgan fingerprint density at radius 3 is 3.00 bits per heavy atom. The van der Waals surface area contributed by atoms with Crippen molar-refractivity contribution in [3.63, 3.8) is 0 Å². The topological polar surface area (TPSA) is 16.1 Å². The second-order valence-electron chi connectivity index (χ2n) is 4.67. The van der Waals surface area contributed by atoms with E-state index in [9.17, 15) is 0 Å². The average Bonchev–Trinajstić information content (AvgIpc) is 2.73. The molecule has 2 nitrogen and oxygen atoms in total. The summed E-state index contributed by atoms with van der Waals surface area (Å²) in [6.07, 6.45) is 1.47. The standard InChI is InChI=1S/C12H12N2S/c1-2-11-12(15-7-13-11)4-10(1)14-5-8-3-9(8)6-14/h1-2,4,7-9H,3,5-6H2/t8-,9+.